The van der Waals surface area contributed by atoms with Crippen molar-refractivity contribution < 1.29 is 4.79 Å². The highest BCUT2D eigenvalue weighted by Gasteiger charge is 2.34. The third kappa shape index (κ3) is 5.06. The topological polar surface area (TPSA) is 41.1 Å². The fraction of sp³-hybridized carbons (Fsp3) is 0.133. The first-order valence-electron chi connectivity index (χ1n) is 6.31. The van der Waals surface area contributed by atoms with Gasteiger partial charge < -0.3 is 10.6 Å². The third-order valence-electron chi connectivity index (χ3n) is 2.79. The number of hydrogen-bond acceptors (Lipinski definition) is 2. The quantitative estimate of drug-likeness (QED) is 0.539. The number of carbonyl (C=O) groups excluding carboxylic acids is 1. The Labute approximate surface area is 152 Å². The number of halogens is 4. The number of amides is 1. The maximum absolute atomic E-state index is 12.2. The summed E-state index contributed by atoms with van der Waals surface area (Å²) in [5.41, 5.74) is 1.20. The fourth-order valence-corrected chi connectivity index (χ4v) is 2.31. The number of rotatable bonds is 4. The zero-order chi connectivity index (χ0) is 16.2. The SMILES string of the molecule is O=C(N[C@H](Nc1ccc(Br)cc1)C(Cl)(Cl)Cl)c1ccccc1. The van der Waals surface area contributed by atoms with Crippen molar-refractivity contribution in [2.24, 2.45) is 0 Å². The van der Waals surface area contributed by atoms with Crippen LogP contribution >= 0.6 is 50.7 Å². The molecule has 0 saturated carbocycles. The average molecular weight is 423 g/mol. The maximum atomic E-state index is 12.2. The lowest BCUT2D eigenvalue weighted by Gasteiger charge is -2.27. The Morgan fingerprint density at radius 2 is 1.59 bits per heavy atom. The van der Waals surface area contributed by atoms with Crippen LogP contribution in [0.5, 0.6) is 0 Å². The lowest BCUT2D eigenvalue weighted by molar-refractivity contribution is 0.0942. The standard InChI is InChI=1S/C15H12BrCl3N2O/c16-11-6-8-12(9-7-11)20-14(15(17,18)19)21-13(22)10-4-2-1-3-5-10/h1-9,14,20H,(H,21,22)/t14-/m0/s1. The van der Waals surface area contributed by atoms with Crippen LogP contribution in [-0.4, -0.2) is 15.9 Å². The van der Waals surface area contributed by atoms with Crippen LogP contribution in [0.25, 0.3) is 0 Å². The fourth-order valence-electron chi connectivity index (χ4n) is 1.72. The monoisotopic (exact) mass is 420 g/mol. The van der Waals surface area contributed by atoms with Gasteiger partial charge in [0.05, 0.1) is 0 Å². The van der Waals surface area contributed by atoms with Crippen LogP contribution in [0.15, 0.2) is 59.1 Å². The highest BCUT2D eigenvalue weighted by Crippen LogP contribution is 2.31. The van der Waals surface area contributed by atoms with E-state index in [9.17, 15) is 4.79 Å². The molecular formula is C15H12BrCl3N2O. The summed E-state index contributed by atoms with van der Waals surface area (Å²) in [6.07, 6.45) is -0.883. The Balaban J connectivity index is 2.13. The van der Waals surface area contributed by atoms with Gasteiger partial charge >= 0.3 is 0 Å². The highest BCUT2D eigenvalue weighted by atomic mass is 79.9. The molecule has 0 fully saturated rings. The molecule has 7 heteroatoms. The van der Waals surface area contributed by atoms with Crippen LogP contribution in [0, 0.1) is 0 Å². The van der Waals surface area contributed by atoms with Gasteiger partial charge in [0.2, 0.25) is 3.79 Å². The van der Waals surface area contributed by atoms with E-state index in [0.717, 1.165) is 4.47 Å². The van der Waals surface area contributed by atoms with Gasteiger partial charge in [-0.25, -0.2) is 0 Å². The van der Waals surface area contributed by atoms with Crippen molar-refractivity contribution in [1.29, 1.82) is 0 Å². The van der Waals surface area contributed by atoms with E-state index in [1.165, 1.54) is 0 Å². The summed E-state index contributed by atoms with van der Waals surface area (Å²) in [5.74, 6) is -0.332. The van der Waals surface area contributed by atoms with Crippen molar-refractivity contribution in [3.05, 3.63) is 64.6 Å². The van der Waals surface area contributed by atoms with Crippen LogP contribution in [0.4, 0.5) is 5.69 Å². The molecule has 0 aliphatic carbocycles. The second-order valence-electron chi connectivity index (χ2n) is 4.47. The van der Waals surface area contributed by atoms with Crippen molar-refractivity contribution in [3.8, 4) is 0 Å². The molecule has 0 aliphatic rings. The molecule has 0 bridgehead atoms. The average Bonchev–Trinajstić information content (AvgIpc) is 2.48. The minimum Gasteiger partial charge on any atom is -0.362 e. The molecule has 1 amide bonds. The first-order chi connectivity index (χ1) is 10.4. The first-order valence-corrected chi connectivity index (χ1v) is 8.24. The molecule has 22 heavy (non-hydrogen) atoms. The van der Waals surface area contributed by atoms with E-state index in [0.29, 0.717) is 11.3 Å². The van der Waals surface area contributed by atoms with Gasteiger partial charge in [-0.15, -0.1) is 0 Å². The molecule has 2 rings (SSSR count). The van der Waals surface area contributed by atoms with Crippen molar-refractivity contribution in [1.82, 2.24) is 5.32 Å². The second-order valence-corrected chi connectivity index (χ2v) is 7.75. The maximum Gasteiger partial charge on any atom is 0.252 e. The molecule has 0 aromatic heterocycles. The van der Waals surface area contributed by atoms with Crippen LogP contribution in [-0.2, 0) is 0 Å². The van der Waals surface area contributed by atoms with E-state index >= 15 is 0 Å². The predicted octanol–water partition coefficient (Wildman–Crippen LogP) is 4.99. The Bertz CT molecular complexity index is 629. The first kappa shape index (κ1) is 17.4. The van der Waals surface area contributed by atoms with E-state index < -0.39 is 9.96 Å². The largest absolute Gasteiger partial charge is 0.362 e. The molecule has 0 saturated heterocycles. The molecular weight excluding hydrogens is 410 g/mol. The third-order valence-corrected chi connectivity index (χ3v) is 3.98. The summed E-state index contributed by atoms with van der Waals surface area (Å²) >= 11 is 21.2. The lowest BCUT2D eigenvalue weighted by Crippen LogP contribution is -2.49. The molecule has 0 heterocycles. The van der Waals surface area contributed by atoms with Crippen molar-refractivity contribution in [2.75, 3.05) is 5.32 Å². The van der Waals surface area contributed by atoms with Gasteiger partial charge in [0, 0.05) is 15.7 Å². The van der Waals surface area contributed by atoms with Crippen LogP contribution in [0.3, 0.4) is 0 Å². The highest BCUT2D eigenvalue weighted by molar-refractivity contribution is 9.10. The molecule has 2 N–H and O–H groups in total. The number of benzene rings is 2. The van der Waals surface area contributed by atoms with Gasteiger partial charge in [-0.1, -0.05) is 68.9 Å². The van der Waals surface area contributed by atoms with E-state index in [1.807, 2.05) is 30.3 Å². The van der Waals surface area contributed by atoms with Gasteiger partial charge in [-0.3, -0.25) is 4.79 Å². The molecule has 0 radical (unpaired) electrons. The zero-order valence-electron chi connectivity index (χ0n) is 11.2. The Morgan fingerprint density at radius 3 is 2.14 bits per heavy atom. The van der Waals surface area contributed by atoms with Crippen molar-refractivity contribution in [3.63, 3.8) is 0 Å². The Morgan fingerprint density at radius 1 is 1.00 bits per heavy atom. The Kier molecular flexibility index (Phi) is 5.98. The molecule has 2 aromatic carbocycles. The molecule has 116 valence electrons. The zero-order valence-corrected chi connectivity index (χ0v) is 15.0. The predicted molar refractivity (Wildman–Crippen MR) is 95.8 cm³/mol. The van der Waals surface area contributed by atoms with Crippen LogP contribution < -0.4 is 10.6 Å². The van der Waals surface area contributed by atoms with E-state index in [2.05, 4.69) is 26.6 Å². The van der Waals surface area contributed by atoms with Crippen molar-refractivity contribution in [2.45, 2.75) is 9.96 Å². The number of carbonyl (C=O) groups is 1. The Hall–Kier alpha value is -0.940. The molecule has 1 atom stereocenters. The molecule has 3 nitrogen and oxygen atoms in total. The summed E-state index contributed by atoms with van der Waals surface area (Å²) in [4.78, 5) is 12.2. The summed E-state index contributed by atoms with van der Waals surface area (Å²) in [6.45, 7) is 0. The number of alkyl halides is 3. The van der Waals surface area contributed by atoms with Crippen LogP contribution in [0.2, 0.25) is 0 Å². The number of hydrogen-bond donors (Lipinski definition) is 2. The molecule has 0 unspecified atom stereocenters. The van der Waals surface area contributed by atoms with Crippen molar-refractivity contribution >= 4 is 62.3 Å². The summed E-state index contributed by atoms with van der Waals surface area (Å²) < 4.78 is -0.783. The van der Waals surface area contributed by atoms with Gasteiger partial charge in [0.1, 0.15) is 6.17 Å². The molecule has 0 spiro atoms. The normalized spacial score (nSPS) is 12.5. The van der Waals surface area contributed by atoms with Crippen LogP contribution in [0.1, 0.15) is 10.4 Å². The summed E-state index contributed by atoms with van der Waals surface area (Å²) in [6, 6.07) is 16.0. The van der Waals surface area contributed by atoms with E-state index in [4.69, 9.17) is 34.8 Å². The molecule has 0 aliphatic heterocycles. The number of anilines is 1. The molecule has 2 aromatic rings. The summed E-state index contributed by atoms with van der Waals surface area (Å²) in [5, 5.41) is 5.68. The second kappa shape index (κ2) is 7.55. The van der Waals surface area contributed by atoms with E-state index in [-0.39, 0.29) is 5.91 Å². The van der Waals surface area contributed by atoms with E-state index in [1.54, 1.807) is 24.3 Å². The minimum absolute atomic E-state index is 0.332. The summed E-state index contributed by atoms with van der Waals surface area (Å²) in [7, 11) is 0. The minimum atomic E-state index is -1.71. The smallest absolute Gasteiger partial charge is 0.252 e. The van der Waals surface area contributed by atoms with Gasteiger partial charge in [0.25, 0.3) is 5.91 Å². The lowest BCUT2D eigenvalue weighted by atomic mass is 10.2. The van der Waals surface area contributed by atoms with Gasteiger partial charge in [-0.2, -0.15) is 0 Å². The van der Waals surface area contributed by atoms with Gasteiger partial charge in [-0.05, 0) is 36.4 Å². The van der Waals surface area contributed by atoms with Gasteiger partial charge in [0.15, 0.2) is 0 Å². The number of nitrogens with one attached hydrogen (secondary N) is 2.